The van der Waals surface area contributed by atoms with Gasteiger partial charge in [-0.2, -0.15) is 23.0 Å². The number of benzene rings is 1. The van der Waals surface area contributed by atoms with E-state index >= 15 is 0 Å². The molecule has 1 fully saturated rings. The minimum absolute atomic E-state index is 0.0748. The zero-order valence-electron chi connectivity index (χ0n) is 17.5. The van der Waals surface area contributed by atoms with Crippen LogP contribution in [0.15, 0.2) is 41.5 Å². The normalized spacial score (nSPS) is 16.1. The topological polar surface area (TPSA) is 111 Å². The highest BCUT2D eigenvalue weighted by molar-refractivity contribution is 7.72. The van der Waals surface area contributed by atoms with Crippen molar-refractivity contribution in [3.05, 3.63) is 58.1 Å². The third kappa shape index (κ3) is 4.34. The molecule has 8 nitrogen and oxygen atoms in total. The van der Waals surface area contributed by atoms with E-state index < -0.39 is 38.7 Å². The van der Waals surface area contributed by atoms with Gasteiger partial charge in [0, 0.05) is 16.4 Å². The van der Waals surface area contributed by atoms with Gasteiger partial charge in [-0.1, -0.05) is 13.0 Å². The van der Waals surface area contributed by atoms with Crippen LogP contribution in [-0.4, -0.2) is 29.1 Å². The maximum Gasteiger partial charge on any atom is 0.416 e. The highest BCUT2D eigenvalue weighted by Gasteiger charge is 2.45. The Kier molecular flexibility index (Phi) is 5.51. The van der Waals surface area contributed by atoms with Gasteiger partial charge in [-0.25, -0.2) is 13.4 Å². The van der Waals surface area contributed by atoms with Crippen molar-refractivity contribution in [1.82, 2.24) is 14.8 Å². The lowest BCUT2D eigenvalue weighted by Crippen LogP contribution is -2.25. The van der Waals surface area contributed by atoms with E-state index in [9.17, 15) is 31.2 Å². The molecule has 3 aromatic rings. The number of thiol groups is 1. The summed E-state index contributed by atoms with van der Waals surface area (Å²) in [6, 6.07) is 4.09. The Labute approximate surface area is 187 Å². The molecular weight excluding hydrogens is 461 g/mol. The van der Waals surface area contributed by atoms with E-state index in [1.807, 2.05) is 0 Å². The molecule has 0 saturated heterocycles. The van der Waals surface area contributed by atoms with E-state index in [-0.39, 0.29) is 33.7 Å². The summed E-state index contributed by atoms with van der Waals surface area (Å²) >= 11 is 0. The van der Waals surface area contributed by atoms with Crippen molar-refractivity contribution in [1.29, 1.82) is 0 Å². The lowest BCUT2D eigenvalue weighted by Gasteiger charge is -2.16. The Morgan fingerprint density at radius 2 is 1.91 bits per heavy atom. The minimum atomic E-state index is -4.65. The molecule has 174 valence electrons. The molecule has 33 heavy (non-hydrogen) atoms. The van der Waals surface area contributed by atoms with E-state index in [1.165, 1.54) is 25.4 Å². The number of anilines is 1. The van der Waals surface area contributed by atoms with Crippen LogP contribution >= 0.6 is 0 Å². The van der Waals surface area contributed by atoms with E-state index in [4.69, 9.17) is 0 Å². The molecule has 12 heteroatoms. The summed E-state index contributed by atoms with van der Waals surface area (Å²) in [5.41, 5.74) is -2.06. The molecule has 1 atom stereocenters. The first-order valence-corrected chi connectivity index (χ1v) is 11.2. The average Bonchev–Trinajstić information content (AvgIpc) is 3.51. The van der Waals surface area contributed by atoms with Crippen molar-refractivity contribution < 1.29 is 26.4 Å². The predicted octanol–water partition coefficient (Wildman–Crippen LogP) is 3.21. The standard InChI is InChI=1S/C21H19F3N4O4S/c1-11(33(31)32)15-8-14(27-19(30)20(2)5-6-20)10-25-17(15)28-18(29)16-7-13(21(22,23)24)4-3-12(16)9-26-28/h3-4,7-11,33H,5-6H2,1-2H3,(H,27,30). The summed E-state index contributed by atoms with van der Waals surface area (Å²) in [7, 11) is -3.00. The average molecular weight is 480 g/mol. The number of amides is 1. The summed E-state index contributed by atoms with van der Waals surface area (Å²) in [5.74, 6) is -0.385. The number of nitrogens with zero attached hydrogens (tertiary/aromatic N) is 3. The molecule has 0 spiro atoms. The molecule has 1 aliphatic carbocycles. The lowest BCUT2D eigenvalue weighted by molar-refractivity contribution is -0.137. The van der Waals surface area contributed by atoms with E-state index in [0.29, 0.717) is 0 Å². The summed E-state index contributed by atoms with van der Waals surface area (Å²) in [6.45, 7) is 3.17. The van der Waals surface area contributed by atoms with E-state index in [1.54, 1.807) is 6.92 Å². The summed E-state index contributed by atoms with van der Waals surface area (Å²) in [6.07, 6.45) is -0.732. The van der Waals surface area contributed by atoms with Gasteiger partial charge in [0.25, 0.3) is 5.56 Å². The maximum absolute atomic E-state index is 13.1. The predicted molar refractivity (Wildman–Crippen MR) is 115 cm³/mol. The Balaban J connectivity index is 1.85. The summed E-state index contributed by atoms with van der Waals surface area (Å²) in [4.78, 5) is 29.5. The fraction of sp³-hybridized carbons (Fsp3) is 0.333. The molecule has 4 rings (SSSR count). The first kappa shape index (κ1) is 22.9. The largest absolute Gasteiger partial charge is 0.416 e. The van der Waals surface area contributed by atoms with Crippen molar-refractivity contribution in [2.45, 2.75) is 38.1 Å². The highest BCUT2D eigenvalue weighted by Crippen LogP contribution is 2.45. The third-order valence-corrected chi connectivity index (χ3v) is 6.69. The summed E-state index contributed by atoms with van der Waals surface area (Å²) in [5, 5.41) is 5.52. The second kappa shape index (κ2) is 7.94. The van der Waals surface area contributed by atoms with Gasteiger partial charge in [0.1, 0.15) is 10.7 Å². The Morgan fingerprint density at radius 3 is 2.52 bits per heavy atom. The number of carbonyl (C=O) groups is 1. The van der Waals surface area contributed by atoms with Crippen molar-refractivity contribution in [2.75, 3.05) is 5.32 Å². The second-order valence-corrected chi connectivity index (χ2v) is 9.62. The van der Waals surface area contributed by atoms with Crippen LogP contribution in [0.3, 0.4) is 0 Å². The van der Waals surface area contributed by atoms with Crippen LogP contribution in [0.4, 0.5) is 18.9 Å². The number of pyridine rings is 1. The zero-order valence-corrected chi connectivity index (χ0v) is 18.4. The van der Waals surface area contributed by atoms with Gasteiger partial charge in [0.2, 0.25) is 5.91 Å². The van der Waals surface area contributed by atoms with Gasteiger partial charge in [0.05, 0.1) is 34.3 Å². The van der Waals surface area contributed by atoms with E-state index in [0.717, 1.165) is 35.7 Å². The van der Waals surface area contributed by atoms with Gasteiger partial charge in [-0.15, -0.1) is 0 Å². The molecule has 1 amide bonds. The van der Waals surface area contributed by atoms with Crippen LogP contribution in [0.25, 0.3) is 16.6 Å². The van der Waals surface area contributed by atoms with Crippen LogP contribution in [0.1, 0.15) is 43.1 Å². The van der Waals surface area contributed by atoms with Gasteiger partial charge < -0.3 is 5.32 Å². The SMILES string of the molecule is CC(c1cc(NC(=O)C2(C)CC2)cnc1-n1ncc2ccc(C(F)(F)F)cc2c1=O)[SH](=O)=O. The number of fused-ring (bicyclic) bond motifs is 1. The highest BCUT2D eigenvalue weighted by atomic mass is 32.2. The molecule has 1 aromatic carbocycles. The first-order chi connectivity index (χ1) is 15.4. The number of hydrogen-bond acceptors (Lipinski definition) is 6. The molecule has 1 saturated carbocycles. The molecule has 2 aromatic heterocycles. The monoisotopic (exact) mass is 480 g/mol. The van der Waals surface area contributed by atoms with Gasteiger partial charge in [-0.3, -0.25) is 9.59 Å². The van der Waals surface area contributed by atoms with Crippen molar-refractivity contribution >= 4 is 33.1 Å². The number of rotatable bonds is 5. The fourth-order valence-corrected chi connectivity index (χ4v) is 3.72. The van der Waals surface area contributed by atoms with Crippen LogP contribution in [-0.2, 0) is 21.7 Å². The molecule has 1 aliphatic rings. The van der Waals surface area contributed by atoms with Gasteiger partial charge >= 0.3 is 6.18 Å². The molecule has 1 unspecified atom stereocenters. The van der Waals surface area contributed by atoms with Gasteiger partial charge in [0.15, 0.2) is 5.82 Å². The molecule has 0 bridgehead atoms. The van der Waals surface area contributed by atoms with Crippen LogP contribution < -0.4 is 10.9 Å². The quantitative estimate of drug-likeness (QED) is 0.543. The van der Waals surface area contributed by atoms with Crippen LogP contribution in [0.5, 0.6) is 0 Å². The first-order valence-electron chi connectivity index (χ1n) is 9.95. The third-order valence-electron chi connectivity index (χ3n) is 5.78. The van der Waals surface area contributed by atoms with Crippen molar-refractivity contribution in [2.24, 2.45) is 5.41 Å². The Bertz CT molecular complexity index is 1400. The number of halogens is 3. The van der Waals surface area contributed by atoms with Crippen LogP contribution in [0, 0.1) is 5.41 Å². The zero-order chi connectivity index (χ0) is 24.1. The Hall–Kier alpha value is -3.28. The van der Waals surface area contributed by atoms with Crippen LogP contribution in [0.2, 0.25) is 0 Å². The Morgan fingerprint density at radius 1 is 1.21 bits per heavy atom. The smallest absolute Gasteiger partial charge is 0.324 e. The molecule has 2 heterocycles. The molecule has 1 N–H and O–H groups in total. The number of aromatic nitrogens is 3. The molecule has 0 aliphatic heterocycles. The van der Waals surface area contributed by atoms with Crippen molar-refractivity contribution in [3.8, 4) is 5.82 Å². The number of alkyl halides is 3. The second-order valence-electron chi connectivity index (χ2n) is 8.27. The lowest BCUT2D eigenvalue weighted by atomic mass is 10.1. The summed E-state index contributed by atoms with van der Waals surface area (Å²) < 4.78 is 63.6. The number of hydrogen-bond donors (Lipinski definition) is 2. The number of carbonyl (C=O) groups excluding carboxylic acids is 1. The maximum atomic E-state index is 13.1. The van der Waals surface area contributed by atoms with Crippen molar-refractivity contribution in [3.63, 3.8) is 0 Å². The minimum Gasteiger partial charge on any atom is -0.324 e. The van der Waals surface area contributed by atoms with E-state index in [2.05, 4.69) is 15.4 Å². The molecular formula is C21H19F3N4O4S. The number of nitrogens with one attached hydrogen (secondary N) is 1. The molecule has 0 radical (unpaired) electrons. The van der Waals surface area contributed by atoms with Gasteiger partial charge in [-0.05, 0) is 38.0 Å². The fourth-order valence-electron chi connectivity index (χ4n) is 3.31.